The molecular weight excluding hydrogens is 400 g/mol. The van der Waals surface area contributed by atoms with Crippen LogP contribution in [0.2, 0.25) is 0 Å². The van der Waals surface area contributed by atoms with Crippen LogP contribution in [0.25, 0.3) is 22.6 Å². The summed E-state index contributed by atoms with van der Waals surface area (Å²) < 4.78 is 38.5. The summed E-state index contributed by atoms with van der Waals surface area (Å²) in [7, 11) is -2.03. The van der Waals surface area contributed by atoms with Gasteiger partial charge in [-0.25, -0.2) is 13.1 Å². The van der Waals surface area contributed by atoms with Gasteiger partial charge < -0.3 is 9.15 Å². The number of nitrogens with zero attached hydrogens (tertiary/aromatic N) is 1. The SMILES string of the molecule is COc1ccc(-c2ccc(S(=O)(=O)NCc3ccnc(-c4ccco4)c3)cc2)cc1. The first-order valence-corrected chi connectivity index (χ1v) is 10.8. The van der Waals surface area contributed by atoms with Crippen molar-refractivity contribution in [2.45, 2.75) is 11.4 Å². The number of nitrogens with one attached hydrogen (secondary N) is 1. The molecule has 0 fully saturated rings. The van der Waals surface area contributed by atoms with Gasteiger partial charge in [0.25, 0.3) is 0 Å². The molecule has 152 valence electrons. The fourth-order valence-corrected chi connectivity index (χ4v) is 4.03. The highest BCUT2D eigenvalue weighted by Crippen LogP contribution is 2.24. The molecule has 0 aliphatic heterocycles. The molecule has 0 spiro atoms. The molecule has 0 bridgehead atoms. The second-order valence-electron chi connectivity index (χ2n) is 6.60. The van der Waals surface area contributed by atoms with Crippen molar-refractivity contribution in [2.24, 2.45) is 0 Å². The third-order valence-corrected chi connectivity index (χ3v) is 6.07. The summed E-state index contributed by atoms with van der Waals surface area (Å²) in [5.74, 6) is 1.40. The van der Waals surface area contributed by atoms with E-state index >= 15 is 0 Å². The van der Waals surface area contributed by atoms with E-state index in [1.54, 1.807) is 68.1 Å². The normalized spacial score (nSPS) is 11.4. The molecule has 30 heavy (non-hydrogen) atoms. The van der Waals surface area contributed by atoms with Crippen LogP contribution in [0, 0.1) is 0 Å². The van der Waals surface area contributed by atoms with Gasteiger partial charge in [-0.1, -0.05) is 24.3 Å². The molecule has 2 aromatic heterocycles. The highest BCUT2D eigenvalue weighted by molar-refractivity contribution is 7.89. The first kappa shape index (κ1) is 19.9. The minimum absolute atomic E-state index is 0.152. The summed E-state index contributed by atoms with van der Waals surface area (Å²) in [6.07, 6.45) is 3.20. The van der Waals surface area contributed by atoms with Crippen molar-refractivity contribution in [2.75, 3.05) is 7.11 Å². The molecule has 4 aromatic rings. The molecule has 0 saturated carbocycles. The number of methoxy groups -OCH3 is 1. The quantitative estimate of drug-likeness (QED) is 0.476. The Morgan fingerprint density at radius 1 is 0.967 bits per heavy atom. The van der Waals surface area contributed by atoms with Crippen molar-refractivity contribution in [3.63, 3.8) is 0 Å². The van der Waals surface area contributed by atoms with E-state index in [1.165, 1.54) is 0 Å². The Hall–Kier alpha value is -3.42. The number of pyridine rings is 1. The molecule has 0 amide bonds. The van der Waals surface area contributed by atoms with Gasteiger partial charge >= 0.3 is 0 Å². The fourth-order valence-electron chi connectivity index (χ4n) is 3.01. The van der Waals surface area contributed by atoms with Crippen molar-refractivity contribution in [1.29, 1.82) is 0 Å². The number of furan rings is 1. The van der Waals surface area contributed by atoms with Crippen LogP contribution in [-0.4, -0.2) is 20.5 Å². The Labute approximate surface area is 175 Å². The van der Waals surface area contributed by atoms with Gasteiger partial charge in [0.05, 0.1) is 18.3 Å². The molecule has 4 rings (SSSR count). The fraction of sp³-hybridized carbons (Fsp3) is 0.0870. The maximum atomic E-state index is 12.7. The maximum Gasteiger partial charge on any atom is 0.240 e. The van der Waals surface area contributed by atoms with Crippen LogP contribution in [0.4, 0.5) is 0 Å². The molecule has 2 heterocycles. The lowest BCUT2D eigenvalue weighted by atomic mass is 10.1. The largest absolute Gasteiger partial charge is 0.497 e. The highest BCUT2D eigenvalue weighted by Gasteiger charge is 2.14. The highest BCUT2D eigenvalue weighted by atomic mass is 32.2. The van der Waals surface area contributed by atoms with Crippen LogP contribution in [0.3, 0.4) is 0 Å². The van der Waals surface area contributed by atoms with Crippen LogP contribution >= 0.6 is 0 Å². The molecule has 1 N–H and O–H groups in total. The summed E-state index contributed by atoms with van der Waals surface area (Å²) in [5, 5.41) is 0. The Kier molecular flexibility index (Phi) is 5.65. The van der Waals surface area contributed by atoms with Gasteiger partial charge in [0.1, 0.15) is 11.4 Å². The molecule has 2 aromatic carbocycles. The average molecular weight is 420 g/mol. The monoisotopic (exact) mass is 420 g/mol. The van der Waals surface area contributed by atoms with Crippen LogP contribution in [-0.2, 0) is 16.6 Å². The maximum absolute atomic E-state index is 12.7. The zero-order valence-corrected chi connectivity index (χ0v) is 17.1. The van der Waals surface area contributed by atoms with Crippen LogP contribution in [0.5, 0.6) is 5.75 Å². The predicted octanol–water partition coefficient (Wildman–Crippen LogP) is 4.50. The van der Waals surface area contributed by atoms with E-state index < -0.39 is 10.0 Å². The molecule has 0 saturated heterocycles. The van der Waals surface area contributed by atoms with Gasteiger partial charge in [0, 0.05) is 12.7 Å². The summed E-state index contributed by atoms with van der Waals surface area (Å²) in [6, 6.07) is 21.5. The van der Waals surface area contributed by atoms with E-state index in [-0.39, 0.29) is 11.4 Å². The third-order valence-electron chi connectivity index (χ3n) is 4.65. The Bertz CT molecular complexity index is 1220. The van der Waals surface area contributed by atoms with Gasteiger partial charge in [0.15, 0.2) is 5.76 Å². The van der Waals surface area contributed by atoms with E-state index in [9.17, 15) is 8.42 Å². The smallest absolute Gasteiger partial charge is 0.240 e. The number of ether oxygens (including phenoxy) is 1. The number of rotatable bonds is 7. The van der Waals surface area contributed by atoms with E-state index in [4.69, 9.17) is 9.15 Å². The zero-order valence-electron chi connectivity index (χ0n) is 16.3. The lowest BCUT2D eigenvalue weighted by Crippen LogP contribution is -2.23. The Morgan fingerprint density at radius 3 is 2.30 bits per heavy atom. The first-order valence-electron chi connectivity index (χ1n) is 9.28. The average Bonchev–Trinajstić information content (AvgIpc) is 3.33. The van der Waals surface area contributed by atoms with E-state index in [1.807, 2.05) is 24.3 Å². The van der Waals surface area contributed by atoms with Gasteiger partial charge in [-0.2, -0.15) is 0 Å². The second-order valence-corrected chi connectivity index (χ2v) is 8.37. The van der Waals surface area contributed by atoms with E-state index in [0.717, 1.165) is 22.4 Å². The van der Waals surface area contributed by atoms with Gasteiger partial charge in [-0.05, 0) is 65.2 Å². The van der Waals surface area contributed by atoms with Gasteiger partial charge in [-0.15, -0.1) is 0 Å². The topological polar surface area (TPSA) is 81.4 Å². The van der Waals surface area contributed by atoms with Crippen molar-refractivity contribution in [3.8, 4) is 28.3 Å². The van der Waals surface area contributed by atoms with Crippen molar-refractivity contribution < 1.29 is 17.6 Å². The lowest BCUT2D eigenvalue weighted by Gasteiger charge is -2.09. The van der Waals surface area contributed by atoms with Crippen LogP contribution in [0.1, 0.15) is 5.56 Å². The summed E-state index contributed by atoms with van der Waals surface area (Å²) in [4.78, 5) is 4.46. The van der Waals surface area contributed by atoms with E-state index in [0.29, 0.717) is 11.5 Å². The molecular formula is C23H20N2O4S. The number of hydrogen-bond acceptors (Lipinski definition) is 5. The standard InChI is InChI=1S/C23H20N2O4S/c1-28-20-8-4-18(5-9-20)19-6-10-21(11-7-19)30(26,27)25-16-17-12-13-24-22(15-17)23-3-2-14-29-23/h2-15,25H,16H2,1H3. The molecule has 7 heteroatoms. The predicted molar refractivity (Wildman–Crippen MR) is 114 cm³/mol. The van der Waals surface area contributed by atoms with E-state index in [2.05, 4.69) is 9.71 Å². The second kappa shape index (κ2) is 8.52. The number of benzene rings is 2. The van der Waals surface area contributed by atoms with Gasteiger partial charge in [-0.3, -0.25) is 4.98 Å². The minimum atomic E-state index is -3.65. The molecule has 0 radical (unpaired) electrons. The Balaban J connectivity index is 1.46. The molecule has 0 aliphatic carbocycles. The van der Waals surface area contributed by atoms with Crippen molar-refractivity contribution >= 4 is 10.0 Å². The Morgan fingerprint density at radius 2 is 1.67 bits per heavy atom. The first-order chi connectivity index (χ1) is 14.5. The van der Waals surface area contributed by atoms with Crippen molar-refractivity contribution in [1.82, 2.24) is 9.71 Å². The number of aromatic nitrogens is 1. The minimum Gasteiger partial charge on any atom is -0.497 e. The number of sulfonamides is 1. The van der Waals surface area contributed by atoms with Crippen LogP contribution < -0.4 is 9.46 Å². The number of hydrogen-bond donors (Lipinski definition) is 1. The zero-order chi connectivity index (χ0) is 21.0. The third kappa shape index (κ3) is 4.42. The summed E-state index contributed by atoms with van der Waals surface area (Å²) in [6.45, 7) is 0.152. The molecule has 0 unspecified atom stereocenters. The lowest BCUT2D eigenvalue weighted by molar-refractivity contribution is 0.415. The van der Waals surface area contributed by atoms with Crippen molar-refractivity contribution in [3.05, 3.63) is 90.8 Å². The molecule has 6 nitrogen and oxygen atoms in total. The molecule has 0 atom stereocenters. The summed E-state index contributed by atoms with van der Waals surface area (Å²) in [5.41, 5.74) is 3.35. The van der Waals surface area contributed by atoms with Gasteiger partial charge in [0.2, 0.25) is 10.0 Å². The molecule has 0 aliphatic rings. The van der Waals surface area contributed by atoms with Crippen LogP contribution in [0.15, 0.2) is 94.6 Å². The summed E-state index contributed by atoms with van der Waals surface area (Å²) >= 11 is 0.